The molecule has 0 bridgehead atoms. The average molecular weight is 437 g/mol. The van der Waals surface area contributed by atoms with Crippen LogP contribution in [0.3, 0.4) is 0 Å². The number of amides is 1. The monoisotopic (exact) mass is 436 g/mol. The zero-order chi connectivity index (χ0) is 22.1. The third-order valence-electron chi connectivity index (χ3n) is 4.91. The van der Waals surface area contributed by atoms with Gasteiger partial charge in [0.05, 0.1) is 27.3 Å². The van der Waals surface area contributed by atoms with E-state index >= 15 is 0 Å². The minimum Gasteiger partial charge on any atom is -0.337 e. The molecule has 31 heavy (non-hydrogen) atoms. The lowest BCUT2D eigenvalue weighted by Crippen LogP contribution is -2.26. The van der Waals surface area contributed by atoms with Gasteiger partial charge in [-0.3, -0.25) is 14.9 Å². The molecular weight excluding hydrogens is 420 g/mol. The Bertz CT molecular complexity index is 1300. The summed E-state index contributed by atoms with van der Waals surface area (Å²) in [6, 6.07) is 15.3. The number of rotatable bonds is 5. The van der Waals surface area contributed by atoms with Crippen molar-refractivity contribution in [1.29, 1.82) is 0 Å². The van der Waals surface area contributed by atoms with Gasteiger partial charge in [-0.05, 0) is 24.6 Å². The Kier molecular flexibility index (Phi) is 5.39. The number of hydrogen-bond acceptors (Lipinski definition) is 6. The molecule has 0 radical (unpaired) electrons. The van der Waals surface area contributed by atoms with Gasteiger partial charge >= 0.3 is 0 Å². The second kappa shape index (κ2) is 8.16. The molecule has 0 saturated heterocycles. The van der Waals surface area contributed by atoms with Gasteiger partial charge in [0.2, 0.25) is 0 Å². The Balaban J connectivity index is 1.74. The van der Waals surface area contributed by atoms with Crippen LogP contribution in [0.25, 0.3) is 22.4 Å². The van der Waals surface area contributed by atoms with E-state index in [9.17, 15) is 14.9 Å². The summed E-state index contributed by atoms with van der Waals surface area (Å²) in [5, 5.41) is 15.9. The van der Waals surface area contributed by atoms with Crippen molar-refractivity contribution in [2.45, 2.75) is 13.5 Å². The molecule has 8 nitrogen and oxygen atoms in total. The number of carbonyl (C=O) groups is 1. The van der Waals surface area contributed by atoms with Gasteiger partial charge in [-0.15, -0.1) is 0 Å². The van der Waals surface area contributed by atoms with E-state index in [0.29, 0.717) is 32.9 Å². The fourth-order valence-corrected chi connectivity index (χ4v) is 3.53. The third kappa shape index (κ3) is 3.97. The van der Waals surface area contributed by atoms with Gasteiger partial charge in [-0.25, -0.2) is 4.98 Å². The predicted octanol–water partition coefficient (Wildman–Crippen LogP) is 5.03. The van der Waals surface area contributed by atoms with Crippen LogP contribution < -0.4 is 0 Å². The summed E-state index contributed by atoms with van der Waals surface area (Å²) >= 11 is 6.21. The van der Waals surface area contributed by atoms with Crippen LogP contribution in [-0.4, -0.2) is 32.9 Å². The largest absolute Gasteiger partial charge is 0.337 e. The molecule has 4 rings (SSSR count). The normalized spacial score (nSPS) is 10.9. The molecule has 9 heteroatoms. The molecule has 0 fully saturated rings. The molecule has 156 valence electrons. The van der Waals surface area contributed by atoms with Crippen LogP contribution in [0.4, 0.5) is 5.69 Å². The van der Waals surface area contributed by atoms with Crippen LogP contribution in [0.1, 0.15) is 21.6 Å². The summed E-state index contributed by atoms with van der Waals surface area (Å²) in [7, 11) is 1.61. The molecule has 0 N–H and O–H groups in total. The molecule has 2 heterocycles. The van der Waals surface area contributed by atoms with Crippen LogP contribution in [0.5, 0.6) is 0 Å². The Morgan fingerprint density at radius 1 is 1.19 bits per heavy atom. The lowest BCUT2D eigenvalue weighted by atomic mass is 10.0. The minimum atomic E-state index is -0.499. The fraction of sp³-hybridized carbons (Fsp3) is 0.136. The zero-order valence-electron chi connectivity index (χ0n) is 16.7. The highest BCUT2D eigenvalue weighted by molar-refractivity contribution is 6.31. The Morgan fingerprint density at radius 3 is 2.65 bits per heavy atom. The molecular formula is C22H17ClN4O4. The number of hydrogen-bond donors (Lipinski definition) is 0. The number of nitrogens with zero attached hydrogens (tertiary/aromatic N) is 4. The van der Waals surface area contributed by atoms with Crippen LogP contribution in [0, 0.1) is 17.0 Å². The van der Waals surface area contributed by atoms with Gasteiger partial charge in [-0.2, -0.15) is 0 Å². The summed E-state index contributed by atoms with van der Waals surface area (Å²) in [6.07, 6.45) is 0. The number of nitro benzene ring substituents is 1. The number of fused-ring (bicyclic) bond motifs is 1. The first kappa shape index (κ1) is 20.5. The summed E-state index contributed by atoms with van der Waals surface area (Å²) in [4.78, 5) is 29.9. The van der Waals surface area contributed by atoms with Gasteiger partial charge in [0.1, 0.15) is 0 Å². The molecule has 2 aromatic carbocycles. The molecule has 0 saturated carbocycles. The van der Waals surface area contributed by atoms with Gasteiger partial charge in [0.25, 0.3) is 17.3 Å². The van der Waals surface area contributed by atoms with E-state index in [1.807, 2.05) is 30.3 Å². The summed E-state index contributed by atoms with van der Waals surface area (Å²) in [5.41, 5.74) is 2.99. The number of halogens is 1. The number of aryl methyl sites for hydroxylation is 1. The first-order chi connectivity index (χ1) is 14.8. The first-order valence-electron chi connectivity index (χ1n) is 9.36. The van der Waals surface area contributed by atoms with Gasteiger partial charge in [-0.1, -0.05) is 47.1 Å². The SMILES string of the molecule is Cc1noc2nc(-c3ccccc3)cc(C(=O)N(C)Cc3cc([N+](=O)[O-])ccc3Cl)c12. The molecule has 4 aromatic rings. The van der Waals surface area contributed by atoms with E-state index in [1.165, 1.54) is 23.1 Å². The van der Waals surface area contributed by atoms with Crippen LogP contribution in [-0.2, 0) is 6.54 Å². The van der Waals surface area contributed by atoms with Crippen LogP contribution >= 0.6 is 11.6 Å². The highest BCUT2D eigenvalue weighted by atomic mass is 35.5. The lowest BCUT2D eigenvalue weighted by Gasteiger charge is -2.19. The van der Waals surface area contributed by atoms with E-state index in [2.05, 4.69) is 10.1 Å². The molecule has 0 aliphatic heterocycles. The molecule has 1 amide bonds. The van der Waals surface area contributed by atoms with Gasteiger partial charge < -0.3 is 9.42 Å². The first-order valence-corrected chi connectivity index (χ1v) is 9.73. The standard InChI is InChI=1S/C22H17ClN4O4/c1-13-20-17(11-19(24-21(20)31-25-13)14-6-4-3-5-7-14)22(28)26(2)12-15-10-16(27(29)30)8-9-18(15)23/h3-11H,12H2,1-2H3. The quantitative estimate of drug-likeness (QED) is 0.321. The maximum Gasteiger partial charge on any atom is 0.269 e. The van der Waals surface area contributed by atoms with Gasteiger partial charge in [0, 0.05) is 36.3 Å². The number of pyridine rings is 1. The van der Waals surface area contributed by atoms with Crippen LogP contribution in [0.2, 0.25) is 5.02 Å². The maximum absolute atomic E-state index is 13.4. The molecule has 0 unspecified atom stereocenters. The Labute approximate surface area is 182 Å². The van der Waals surface area contributed by atoms with E-state index in [-0.39, 0.29) is 23.9 Å². The topological polar surface area (TPSA) is 102 Å². The van der Waals surface area contributed by atoms with Crippen molar-refractivity contribution in [3.63, 3.8) is 0 Å². The number of non-ortho nitro benzene ring substituents is 1. The number of carbonyl (C=O) groups excluding carboxylic acids is 1. The third-order valence-corrected chi connectivity index (χ3v) is 5.28. The summed E-state index contributed by atoms with van der Waals surface area (Å²) in [5.74, 6) is -0.307. The van der Waals surface area contributed by atoms with Crippen LogP contribution in [0.15, 0.2) is 59.1 Å². The van der Waals surface area contributed by atoms with Crippen molar-refractivity contribution in [1.82, 2.24) is 15.0 Å². The van der Waals surface area contributed by atoms with Gasteiger partial charge in [0.15, 0.2) is 0 Å². The summed E-state index contributed by atoms with van der Waals surface area (Å²) < 4.78 is 5.33. The number of nitro groups is 1. The smallest absolute Gasteiger partial charge is 0.269 e. The maximum atomic E-state index is 13.4. The molecule has 0 spiro atoms. The minimum absolute atomic E-state index is 0.0900. The van der Waals surface area contributed by atoms with E-state index in [0.717, 1.165) is 5.56 Å². The van der Waals surface area contributed by atoms with Crippen molar-refractivity contribution in [3.8, 4) is 11.3 Å². The lowest BCUT2D eigenvalue weighted by molar-refractivity contribution is -0.384. The Morgan fingerprint density at radius 2 is 1.94 bits per heavy atom. The van der Waals surface area contributed by atoms with Crippen molar-refractivity contribution in [2.75, 3.05) is 7.05 Å². The summed E-state index contributed by atoms with van der Waals surface area (Å²) in [6.45, 7) is 1.83. The Hall–Kier alpha value is -3.78. The highest BCUT2D eigenvalue weighted by Gasteiger charge is 2.23. The molecule has 0 aliphatic rings. The van der Waals surface area contributed by atoms with E-state index in [4.69, 9.17) is 16.1 Å². The second-order valence-corrected chi connectivity index (χ2v) is 7.47. The number of benzene rings is 2. The predicted molar refractivity (Wildman–Crippen MR) is 116 cm³/mol. The number of aromatic nitrogens is 2. The molecule has 0 aliphatic carbocycles. The van der Waals surface area contributed by atoms with Crippen molar-refractivity contribution < 1.29 is 14.2 Å². The highest BCUT2D eigenvalue weighted by Crippen LogP contribution is 2.29. The average Bonchev–Trinajstić information content (AvgIpc) is 3.15. The molecule has 0 atom stereocenters. The van der Waals surface area contributed by atoms with E-state index < -0.39 is 4.92 Å². The van der Waals surface area contributed by atoms with Crippen molar-refractivity contribution >= 4 is 34.3 Å². The second-order valence-electron chi connectivity index (χ2n) is 7.06. The zero-order valence-corrected chi connectivity index (χ0v) is 17.5. The fourth-order valence-electron chi connectivity index (χ4n) is 3.35. The van der Waals surface area contributed by atoms with Crippen molar-refractivity contribution in [3.05, 3.63) is 86.6 Å². The van der Waals surface area contributed by atoms with E-state index in [1.54, 1.807) is 20.0 Å². The molecule has 2 aromatic heterocycles. The van der Waals surface area contributed by atoms with Crippen molar-refractivity contribution in [2.24, 2.45) is 0 Å².